The largest absolute Gasteiger partial charge is 0.394 e. The van der Waals surface area contributed by atoms with Crippen molar-refractivity contribution in [2.75, 3.05) is 19.8 Å². The van der Waals surface area contributed by atoms with Crippen LogP contribution in [0.3, 0.4) is 0 Å². The van der Waals surface area contributed by atoms with Crippen LogP contribution in [0.15, 0.2) is 0 Å². The number of ether oxygens (including phenoxy) is 5. The van der Waals surface area contributed by atoms with Gasteiger partial charge in [-0.1, -0.05) is 34.6 Å². The Kier molecular flexibility index (Phi) is 11.5. The van der Waals surface area contributed by atoms with Gasteiger partial charge >= 0.3 is 0 Å². The van der Waals surface area contributed by atoms with Crippen molar-refractivity contribution in [1.29, 1.82) is 0 Å². The number of hydrogen-bond donors (Lipinski definition) is 9. The summed E-state index contributed by atoms with van der Waals surface area (Å²) >= 11 is 0. The number of fused-ring (bicyclic) bond motifs is 5. The van der Waals surface area contributed by atoms with E-state index in [-0.39, 0.29) is 47.0 Å². The fourth-order valence-corrected chi connectivity index (χ4v) is 14.0. The van der Waals surface area contributed by atoms with Crippen LogP contribution in [0.25, 0.3) is 0 Å². The van der Waals surface area contributed by atoms with Gasteiger partial charge in [-0.25, -0.2) is 0 Å². The molecule has 0 aromatic carbocycles. The third-order valence-electron chi connectivity index (χ3n) is 17.5. The van der Waals surface area contributed by atoms with Crippen LogP contribution in [0.2, 0.25) is 0 Å². The Labute approximate surface area is 331 Å². The van der Waals surface area contributed by atoms with E-state index in [9.17, 15) is 46.0 Å². The minimum Gasteiger partial charge on any atom is -0.394 e. The molecule has 0 spiro atoms. The summed E-state index contributed by atoms with van der Waals surface area (Å²) in [6.07, 6.45) is -9.39. The lowest BCUT2D eigenvalue weighted by molar-refractivity contribution is -0.377. The summed E-state index contributed by atoms with van der Waals surface area (Å²) in [7, 11) is 0. The second kappa shape index (κ2) is 14.8. The molecular weight excluding hydrogens is 728 g/mol. The molecular formula is C42H72O14. The van der Waals surface area contributed by atoms with Crippen LogP contribution in [-0.4, -0.2) is 151 Å². The Hall–Kier alpha value is -0.560. The van der Waals surface area contributed by atoms with Gasteiger partial charge in [-0.3, -0.25) is 0 Å². The van der Waals surface area contributed by atoms with E-state index in [0.29, 0.717) is 32.3 Å². The Morgan fingerprint density at radius 1 is 0.732 bits per heavy atom. The van der Waals surface area contributed by atoms with Crippen molar-refractivity contribution in [2.45, 2.75) is 192 Å². The number of aliphatic hydroxyl groups is 9. The SMILES string of the molecule is CC(C)(O)C1CC[C@@](C)(C2CC[C@]3(C)C2C(O)CC2C4(C)CCC(O)C(C)(C)C4[C@@H](O[C@@H]4O[C@H](CO)[C@@H](O)[C@H](O)[C@H]4O[C@H]4OC[C@H](O)[C@@H](O)[C@@H]4O)CC23C)OC1. The molecule has 3 heterocycles. The average Bonchev–Trinajstić information content (AvgIpc) is 3.51. The smallest absolute Gasteiger partial charge is 0.187 e. The highest BCUT2D eigenvalue weighted by Gasteiger charge is 2.74. The van der Waals surface area contributed by atoms with Gasteiger partial charge in [-0.05, 0) is 117 Å². The van der Waals surface area contributed by atoms with Gasteiger partial charge in [0.05, 0.1) is 49.3 Å². The average molecular weight is 801 g/mol. The Bertz CT molecular complexity index is 1400. The summed E-state index contributed by atoms with van der Waals surface area (Å²) in [5, 5.41) is 98.7. The number of aliphatic hydroxyl groups excluding tert-OH is 8. The minimum absolute atomic E-state index is 0.0316. The first kappa shape index (κ1) is 43.5. The maximum atomic E-state index is 12.4. The molecule has 3 saturated heterocycles. The molecule has 0 amide bonds. The van der Waals surface area contributed by atoms with Crippen molar-refractivity contribution in [3.63, 3.8) is 0 Å². The summed E-state index contributed by atoms with van der Waals surface area (Å²) in [6.45, 7) is 16.4. The summed E-state index contributed by atoms with van der Waals surface area (Å²) in [5.74, 6) is -0.135. The summed E-state index contributed by atoms with van der Waals surface area (Å²) in [5.41, 5.74) is -3.11. The van der Waals surface area contributed by atoms with Crippen LogP contribution >= 0.6 is 0 Å². The molecule has 0 aromatic heterocycles. The zero-order valence-corrected chi connectivity index (χ0v) is 34.7. The van der Waals surface area contributed by atoms with Crippen molar-refractivity contribution < 1.29 is 69.6 Å². The fraction of sp³-hybridized carbons (Fsp3) is 1.00. The second-order valence-electron chi connectivity index (χ2n) is 21.2. The van der Waals surface area contributed by atoms with E-state index in [2.05, 4.69) is 41.5 Å². The van der Waals surface area contributed by atoms with Crippen LogP contribution in [0, 0.1) is 51.2 Å². The highest BCUT2D eigenvalue weighted by molar-refractivity contribution is 5.22. The first-order valence-electron chi connectivity index (χ1n) is 21.3. The van der Waals surface area contributed by atoms with E-state index in [0.717, 1.165) is 25.7 Å². The number of rotatable bonds is 7. The molecule has 4 saturated carbocycles. The van der Waals surface area contributed by atoms with Gasteiger partial charge in [0.2, 0.25) is 0 Å². The summed E-state index contributed by atoms with van der Waals surface area (Å²) in [4.78, 5) is 0. The topological polar surface area (TPSA) is 228 Å². The molecule has 324 valence electrons. The first-order valence-corrected chi connectivity index (χ1v) is 21.3. The Morgan fingerprint density at radius 2 is 1.43 bits per heavy atom. The van der Waals surface area contributed by atoms with Gasteiger partial charge in [0.1, 0.15) is 42.7 Å². The van der Waals surface area contributed by atoms with E-state index in [1.807, 2.05) is 13.8 Å². The van der Waals surface area contributed by atoms with Crippen molar-refractivity contribution in [1.82, 2.24) is 0 Å². The van der Waals surface area contributed by atoms with Gasteiger partial charge in [-0.2, -0.15) is 0 Å². The normalized spacial score (nSPS) is 56.2. The van der Waals surface area contributed by atoms with Crippen LogP contribution in [0.1, 0.15) is 107 Å². The van der Waals surface area contributed by atoms with E-state index >= 15 is 0 Å². The molecule has 7 rings (SSSR count). The van der Waals surface area contributed by atoms with Crippen LogP contribution in [0.4, 0.5) is 0 Å². The lowest BCUT2D eigenvalue weighted by atomic mass is 9.34. The summed E-state index contributed by atoms with van der Waals surface area (Å²) in [6, 6.07) is 0. The highest BCUT2D eigenvalue weighted by Crippen LogP contribution is 2.76. The predicted octanol–water partition coefficient (Wildman–Crippen LogP) is 1.22. The molecule has 4 aliphatic carbocycles. The molecule has 7 aliphatic rings. The molecule has 7 fully saturated rings. The number of hydrogen-bond acceptors (Lipinski definition) is 14. The Balaban J connectivity index is 1.24. The lowest BCUT2D eigenvalue weighted by Gasteiger charge is -2.72. The van der Waals surface area contributed by atoms with Crippen LogP contribution in [0.5, 0.6) is 0 Å². The maximum Gasteiger partial charge on any atom is 0.187 e. The second-order valence-corrected chi connectivity index (χ2v) is 21.2. The van der Waals surface area contributed by atoms with Crippen molar-refractivity contribution in [3.8, 4) is 0 Å². The molecule has 14 heteroatoms. The van der Waals surface area contributed by atoms with Gasteiger partial charge in [0.15, 0.2) is 12.6 Å². The van der Waals surface area contributed by atoms with E-state index in [1.54, 1.807) is 0 Å². The molecule has 9 N–H and O–H groups in total. The summed E-state index contributed by atoms with van der Waals surface area (Å²) < 4.78 is 31.6. The first-order chi connectivity index (χ1) is 25.9. The van der Waals surface area contributed by atoms with Crippen LogP contribution < -0.4 is 0 Å². The molecule has 0 bridgehead atoms. The van der Waals surface area contributed by atoms with Crippen LogP contribution in [-0.2, 0) is 23.7 Å². The zero-order valence-electron chi connectivity index (χ0n) is 34.7. The molecule has 14 nitrogen and oxygen atoms in total. The quantitative estimate of drug-likeness (QED) is 0.165. The van der Waals surface area contributed by atoms with Gasteiger partial charge in [0, 0.05) is 5.92 Å². The third kappa shape index (κ3) is 6.67. The Morgan fingerprint density at radius 3 is 2.05 bits per heavy atom. The molecule has 0 aromatic rings. The van der Waals surface area contributed by atoms with E-state index in [4.69, 9.17) is 23.7 Å². The van der Waals surface area contributed by atoms with E-state index < -0.39 is 102 Å². The molecule has 56 heavy (non-hydrogen) atoms. The predicted molar refractivity (Wildman–Crippen MR) is 200 cm³/mol. The van der Waals surface area contributed by atoms with Crippen molar-refractivity contribution in [2.24, 2.45) is 51.2 Å². The molecule has 0 radical (unpaired) electrons. The van der Waals surface area contributed by atoms with Gasteiger partial charge < -0.3 is 69.6 Å². The molecule has 21 atom stereocenters. The minimum atomic E-state index is -1.68. The van der Waals surface area contributed by atoms with Crippen molar-refractivity contribution >= 4 is 0 Å². The monoisotopic (exact) mass is 800 g/mol. The lowest BCUT2D eigenvalue weighted by Crippen LogP contribution is -2.71. The van der Waals surface area contributed by atoms with E-state index in [1.165, 1.54) is 0 Å². The van der Waals surface area contributed by atoms with Crippen molar-refractivity contribution in [3.05, 3.63) is 0 Å². The maximum absolute atomic E-state index is 12.4. The molecule has 9 unspecified atom stereocenters. The van der Waals surface area contributed by atoms with Gasteiger partial charge in [-0.15, -0.1) is 0 Å². The van der Waals surface area contributed by atoms with Gasteiger partial charge in [0.25, 0.3) is 0 Å². The third-order valence-corrected chi connectivity index (χ3v) is 17.5. The standard InChI is InChI=1S/C42H72O14/c1-37(2)27(46)11-12-39(5)26-15-22(44)28-21(42(8)14-9-20(18-53-42)38(3,4)51)10-13-40(28,6)41(26,7)16-24(34(37)39)54-36-33(31(49)30(48)25(17-43)55-36)56-35-32(50)29(47)23(45)19-52-35/h20-36,43-51H,9-19H2,1-8H3/t20?,21?,22?,23-,24-,25+,26?,27?,28?,29+,30+,31-,32-,33+,34?,35+,36+,39?,40+,41?,42-/m0/s1. The molecule has 3 aliphatic heterocycles. The highest BCUT2D eigenvalue weighted by atomic mass is 16.8. The fourth-order valence-electron chi connectivity index (χ4n) is 14.0. The zero-order chi connectivity index (χ0) is 41.1.